The molecule has 0 saturated heterocycles. The highest BCUT2D eigenvalue weighted by molar-refractivity contribution is 7.90. The summed E-state index contributed by atoms with van der Waals surface area (Å²) < 4.78 is 81.6. The van der Waals surface area contributed by atoms with Crippen molar-refractivity contribution in [2.75, 3.05) is 6.26 Å². The fraction of sp³-hybridized carbons (Fsp3) is 0.192. The second-order valence-corrected chi connectivity index (χ2v) is 10.9. The molecular formula is C26H22F4N2O3S. The third-order valence-corrected chi connectivity index (χ3v) is 6.72. The first kappa shape index (κ1) is 25.6. The molecule has 0 amide bonds. The van der Waals surface area contributed by atoms with Gasteiger partial charge >= 0.3 is 6.18 Å². The maximum atomic E-state index is 15.3. The van der Waals surface area contributed by atoms with Gasteiger partial charge in [0.15, 0.2) is 9.84 Å². The van der Waals surface area contributed by atoms with Crippen LogP contribution in [0.2, 0.25) is 0 Å². The van der Waals surface area contributed by atoms with Gasteiger partial charge in [-0.1, -0.05) is 30.3 Å². The molecule has 0 spiro atoms. The van der Waals surface area contributed by atoms with Crippen molar-refractivity contribution < 1.29 is 31.1 Å². The van der Waals surface area contributed by atoms with E-state index in [1.807, 2.05) is 0 Å². The molecule has 1 heterocycles. The van der Waals surface area contributed by atoms with E-state index in [-0.39, 0.29) is 33.2 Å². The van der Waals surface area contributed by atoms with Crippen LogP contribution in [0.3, 0.4) is 0 Å². The Hall–Kier alpha value is -3.50. The number of hydrogen-bond acceptors (Lipinski definition) is 4. The quantitative estimate of drug-likeness (QED) is 0.329. The van der Waals surface area contributed by atoms with Gasteiger partial charge in [0.1, 0.15) is 17.2 Å². The van der Waals surface area contributed by atoms with E-state index in [9.17, 15) is 26.7 Å². The van der Waals surface area contributed by atoms with Crippen LogP contribution in [-0.4, -0.2) is 29.3 Å². The Morgan fingerprint density at radius 3 is 2.22 bits per heavy atom. The Bertz CT molecular complexity index is 1550. The summed E-state index contributed by atoms with van der Waals surface area (Å²) in [5.74, 6) is -0.835. The van der Waals surface area contributed by atoms with E-state index in [0.717, 1.165) is 18.4 Å². The summed E-state index contributed by atoms with van der Waals surface area (Å²) in [4.78, 5) is 4.30. The van der Waals surface area contributed by atoms with Gasteiger partial charge in [-0.2, -0.15) is 13.2 Å². The van der Waals surface area contributed by atoms with Gasteiger partial charge in [-0.05, 0) is 55.8 Å². The fourth-order valence-electron chi connectivity index (χ4n) is 3.77. The first-order chi connectivity index (χ1) is 16.7. The molecule has 0 radical (unpaired) electrons. The summed E-state index contributed by atoms with van der Waals surface area (Å²) >= 11 is 0. The summed E-state index contributed by atoms with van der Waals surface area (Å²) in [7, 11) is -3.51. The van der Waals surface area contributed by atoms with Gasteiger partial charge in [-0.3, -0.25) is 4.57 Å². The third-order valence-electron chi connectivity index (χ3n) is 5.61. The summed E-state index contributed by atoms with van der Waals surface area (Å²) in [5.41, 5.74) is -1.92. The summed E-state index contributed by atoms with van der Waals surface area (Å²) in [6.45, 7) is 2.88. The molecule has 0 atom stereocenters. The van der Waals surface area contributed by atoms with Gasteiger partial charge in [-0.15, -0.1) is 0 Å². The Morgan fingerprint density at radius 1 is 0.917 bits per heavy atom. The van der Waals surface area contributed by atoms with Crippen molar-refractivity contribution >= 4 is 9.84 Å². The number of imidazole rings is 1. The predicted octanol–water partition coefficient (Wildman–Crippen LogP) is 6.00. The largest absolute Gasteiger partial charge is 0.417 e. The first-order valence-corrected chi connectivity index (χ1v) is 12.6. The van der Waals surface area contributed by atoms with Crippen molar-refractivity contribution in [2.45, 2.75) is 30.5 Å². The monoisotopic (exact) mass is 518 g/mol. The summed E-state index contributed by atoms with van der Waals surface area (Å²) in [5, 5.41) is 10.5. The van der Waals surface area contributed by atoms with Gasteiger partial charge in [0, 0.05) is 23.6 Å². The van der Waals surface area contributed by atoms with E-state index >= 15 is 4.39 Å². The number of hydrogen-bond donors (Lipinski definition) is 1. The van der Waals surface area contributed by atoms with Crippen LogP contribution in [-0.2, 0) is 21.6 Å². The zero-order valence-electron chi connectivity index (χ0n) is 19.5. The molecule has 4 rings (SSSR count). The van der Waals surface area contributed by atoms with Crippen LogP contribution < -0.4 is 0 Å². The standard InChI is InChI=1S/C26H22F4N2O3S/c1-25(2,33)23-15-32(24(31-23)20-9-4-5-10-21(20)26(28,29)30)17-11-12-19(22(27)14-17)16-7-6-8-18(13-16)36(3,34)35/h4-15,33H,1-3H3. The lowest BCUT2D eigenvalue weighted by Crippen LogP contribution is -2.15. The van der Waals surface area contributed by atoms with Crippen molar-refractivity contribution in [1.29, 1.82) is 0 Å². The van der Waals surface area contributed by atoms with E-state index in [0.29, 0.717) is 5.56 Å². The average Bonchev–Trinajstić information content (AvgIpc) is 3.24. The number of aliphatic hydroxyl groups is 1. The number of alkyl halides is 3. The topological polar surface area (TPSA) is 72.2 Å². The van der Waals surface area contributed by atoms with Crippen LogP contribution in [0.1, 0.15) is 25.1 Å². The second-order valence-electron chi connectivity index (χ2n) is 8.89. The molecule has 1 N–H and O–H groups in total. The highest BCUT2D eigenvalue weighted by Crippen LogP contribution is 2.38. The average molecular weight is 519 g/mol. The van der Waals surface area contributed by atoms with Crippen molar-refractivity contribution in [3.8, 4) is 28.2 Å². The summed E-state index contributed by atoms with van der Waals surface area (Å²) in [6, 6.07) is 14.7. The normalized spacial score (nSPS) is 12.7. The van der Waals surface area contributed by atoms with Crippen LogP contribution in [0.4, 0.5) is 17.6 Å². The highest BCUT2D eigenvalue weighted by Gasteiger charge is 2.35. The van der Waals surface area contributed by atoms with E-state index in [4.69, 9.17) is 0 Å². The third kappa shape index (κ3) is 5.05. The first-order valence-electron chi connectivity index (χ1n) is 10.8. The Morgan fingerprint density at radius 2 is 1.61 bits per heavy atom. The van der Waals surface area contributed by atoms with Crippen LogP contribution in [0.25, 0.3) is 28.2 Å². The van der Waals surface area contributed by atoms with Crippen molar-refractivity contribution in [2.24, 2.45) is 0 Å². The molecular weight excluding hydrogens is 496 g/mol. The van der Waals surface area contributed by atoms with Gasteiger partial charge < -0.3 is 5.11 Å². The molecule has 0 aliphatic carbocycles. The molecule has 0 aliphatic rings. The number of rotatable bonds is 5. The van der Waals surface area contributed by atoms with Gasteiger partial charge in [-0.25, -0.2) is 17.8 Å². The maximum absolute atomic E-state index is 15.3. The Labute approximate surface area is 205 Å². The molecule has 188 valence electrons. The molecule has 0 unspecified atom stereocenters. The minimum absolute atomic E-state index is 0.0268. The smallest absolute Gasteiger partial charge is 0.384 e. The number of benzene rings is 3. The van der Waals surface area contributed by atoms with E-state index in [1.165, 1.54) is 73.1 Å². The fourth-order valence-corrected chi connectivity index (χ4v) is 4.44. The molecule has 3 aromatic carbocycles. The number of nitrogens with zero attached hydrogens (tertiary/aromatic N) is 2. The SMILES string of the molecule is CC(C)(O)c1cn(-c2ccc(-c3cccc(S(C)(=O)=O)c3)c(F)c2)c(-c2ccccc2C(F)(F)F)n1. The minimum Gasteiger partial charge on any atom is -0.384 e. The van der Waals surface area contributed by atoms with E-state index in [1.54, 1.807) is 6.07 Å². The van der Waals surface area contributed by atoms with E-state index in [2.05, 4.69) is 4.98 Å². The zero-order chi connectivity index (χ0) is 26.5. The molecule has 5 nitrogen and oxygen atoms in total. The molecule has 0 aliphatic heterocycles. The summed E-state index contributed by atoms with van der Waals surface area (Å²) in [6.07, 6.45) is -2.26. The number of aromatic nitrogens is 2. The number of sulfone groups is 1. The van der Waals surface area contributed by atoms with Gasteiger partial charge in [0.05, 0.1) is 21.8 Å². The molecule has 36 heavy (non-hydrogen) atoms. The van der Waals surface area contributed by atoms with E-state index < -0.39 is 33.0 Å². The van der Waals surface area contributed by atoms with Crippen molar-refractivity contribution in [3.05, 3.63) is 90.0 Å². The van der Waals surface area contributed by atoms with Crippen LogP contribution >= 0.6 is 0 Å². The zero-order valence-corrected chi connectivity index (χ0v) is 20.3. The maximum Gasteiger partial charge on any atom is 0.417 e. The van der Waals surface area contributed by atoms with Crippen LogP contribution in [0.15, 0.2) is 77.8 Å². The Kier molecular flexibility index (Phi) is 6.30. The molecule has 0 saturated carbocycles. The molecule has 4 aromatic rings. The molecule has 10 heteroatoms. The van der Waals surface area contributed by atoms with Crippen LogP contribution in [0.5, 0.6) is 0 Å². The van der Waals surface area contributed by atoms with Gasteiger partial charge in [0.25, 0.3) is 0 Å². The number of halogens is 4. The predicted molar refractivity (Wildman–Crippen MR) is 128 cm³/mol. The minimum atomic E-state index is -4.66. The van der Waals surface area contributed by atoms with Crippen molar-refractivity contribution in [1.82, 2.24) is 9.55 Å². The Balaban J connectivity index is 1.89. The highest BCUT2D eigenvalue weighted by atomic mass is 32.2. The molecule has 1 aromatic heterocycles. The lowest BCUT2D eigenvalue weighted by atomic mass is 10.0. The van der Waals surface area contributed by atoms with Gasteiger partial charge in [0.2, 0.25) is 0 Å². The lowest BCUT2D eigenvalue weighted by molar-refractivity contribution is -0.137. The van der Waals surface area contributed by atoms with Crippen molar-refractivity contribution in [3.63, 3.8) is 0 Å². The van der Waals surface area contributed by atoms with Crippen LogP contribution in [0, 0.1) is 5.82 Å². The second kappa shape index (κ2) is 8.86. The lowest BCUT2D eigenvalue weighted by Gasteiger charge is -2.15. The molecule has 0 fully saturated rings. The molecule has 0 bridgehead atoms.